The summed E-state index contributed by atoms with van der Waals surface area (Å²) >= 11 is 1.61. The van der Waals surface area contributed by atoms with Crippen molar-refractivity contribution in [2.75, 3.05) is 5.32 Å². The first-order chi connectivity index (χ1) is 8.42. The van der Waals surface area contributed by atoms with E-state index in [0.717, 1.165) is 17.3 Å². The molecule has 1 aromatic carbocycles. The first kappa shape index (κ1) is 10.2. The van der Waals surface area contributed by atoms with Crippen molar-refractivity contribution in [3.8, 4) is 0 Å². The summed E-state index contributed by atoms with van der Waals surface area (Å²) in [5, 5.41) is 4.28. The number of aromatic nitrogens is 2. The SMILES string of the molecule is c1ccc(CNc2nc3cccc[n+]3s2)cc1. The molecule has 0 spiro atoms. The smallest absolute Gasteiger partial charge is 0.334 e. The maximum Gasteiger partial charge on any atom is 0.342 e. The summed E-state index contributed by atoms with van der Waals surface area (Å²) in [6, 6.07) is 16.3. The molecular weight excluding hydrogens is 230 g/mol. The van der Waals surface area contributed by atoms with Crippen molar-refractivity contribution in [2.24, 2.45) is 0 Å². The van der Waals surface area contributed by atoms with Crippen molar-refractivity contribution in [2.45, 2.75) is 6.54 Å². The molecule has 2 heterocycles. The summed E-state index contributed by atoms with van der Waals surface area (Å²) in [6.07, 6.45) is 2.01. The van der Waals surface area contributed by atoms with Gasteiger partial charge >= 0.3 is 10.8 Å². The van der Waals surface area contributed by atoms with Crippen LogP contribution >= 0.6 is 11.5 Å². The third-order valence-corrected chi connectivity index (χ3v) is 3.41. The number of hydrogen-bond donors (Lipinski definition) is 1. The largest absolute Gasteiger partial charge is 0.342 e. The second-order valence-electron chi connectivity index (χ2n) is 3.73. The molecule has 0 aliphatic rings. The second-order valence-corrected chi connectivity index (χ2v) is 4.69. The van der Waals surface area contributed by atoms with Crippen LogP contribution in [0.3, 0.4) is 0 Å². The highest BCUT2D eigenvalue weighted by Gasteiger charge is 2.11. The molecule has 0 saturated heterocycles. The fraction of sp³-hybridized carbons (Fsp3) is 0.0769. The molecule has 0 unspecified atom stereocenters. The van der Waals surface area contributed by atoms with Gasteiger partial charge in [-0.05, 0) is 16.6 Å². The van der Waals surface area contributed by atoms with Gasteiger partial charge in [-0.1, -0.05) is 36.4 Å². The van der Waals surface area contributed by atoms with Gasteiger partial charge in [0, 0.05) is 12.6 Å². The van der Waals surface area contributed by atoms with Gasteiger partial charge in [-0.3, -0.25) is 0 Å². The van der Waals surface area contributed by atoms with Gasteiger partial charge in [0.25, 0.3) is 0 Å². The van der Waals surface area contributed by atoms with E-state index in [2.05, 4.69) is 22.4 Å². The Morgan fingerprint density at radius 3 is 2.71 bits per heavy atom. The maximum absolute atomic E-state index is 4.50. The van der Waals surface area contributed by atoms with Crippen LogP contribution < -0.4 is 9.11 Å². The predicted octanol–water partition coefficient (Wildman–Crippen LogP) is 2.49. The molecule has 0 bridgehead atoms. The van der Waals surface area contributed by atoms with Crippen molar-refractivity contribution in [1.82, 2.24) is 4.98 Å². The summed E-state index contributed by atoms with van der Waals surface area (Å²) in [7, 11) is 0. The number of rotatable bonds is 3. The van der Waals surface area contributed by atoms with Gasteiger partial charge < -0.3 is 5.32 Å². The van der Waals surface area contributed by atoms with Gasteiger partial charge in [0.05, 0.1) is 0 Å². The van der Waals surface area contributed by atoms with Gasteiger partial charge in [-0.2, -0.15) is 0 Å². The summed E-state index contributed by atoms with van der Waals surface area (Å²) in [5.74, 6) is 0. The van der Waals surface area contributed by atoms with Crippen LogP contribution in [0.1, 0.15) is 5.56 Å². The molecule has 3 aromatic rings. The average Bonchev–Trinajstić information content (AvgIpc) is 2.80. The van der Waals surface area contributed by atoms with Crippen molar-refractivity contribution < 1.29 is 3.79 Å². The average molecular weight is 242 g/mol. The van der Waals surface area contributed by atoms with E-state index in [4.69, 9.17) is 0 Å². The van der Waals surface area contributed by atoms with Crippen LogP contribution in [0.25, 0.3) is 5.65 Å². The molecule has 3 rings (SSSR count). The fourth-order valence-electron chi connectivity index (χ4n) is 1.65. The lowest BCUT2D eigenvalue weighted by atomic mass is 10.2. The number of pyridine rings is 1. The van der Waals surface area contributed by atoms with Gasteiger partial charge in [0.15, 0.2) is 0 Å². The molecule has 0 radical (unpaired) electrons. The number of benzene rings is 1. The molecule has 0 atom stereocenters. The van der Waals surface area contributed by atoms with Crippen LogP contribution in [0.2, 0.25) is 0 Å². The van der Waals surface area contributed by atoms with E-state index in [9.17, 15) is 0 Å². The Labute approximate surface area is 104 Å². The van der Waals surface area contributed by atoms with E-state index in [-0.39, 0.29) is 0 Å². The van der Waals surface area contributed by atoms with E-state index >= 15 is 0 Å². The summed E-state index contributed by atoms with van der Waals surface area (Å²) in [6.45, 7) is 0.807. The predicted molar refractivity (Wildman–Crippen MR) is 69.0 cm³/mol. The highest BCUT2D eigenvalue weighted by atomic mass is 32.1. The highest BCUT2D eigenvalue weighted by molar-refractivity contribution is 7.06. The number of nitrogens with one attached hydrogen (secondary N) is 1. The van der Waals surface area contributed by atoms with Crippen LogP contribution in [0.4, 0.5) is 5.13 Å². The summed E-state index contributed by atoms with van der Waals surface area (Å²) in [5.41, 5.74) is 2.24. The summed E-state index contributed by atoms with van der Waals surface area (Å²) in [4.78, 5) is 4.50. The Bertz CT molecular complexity index is 586. The molecule has 1 N–H and O–H groups in total. The Balaban J connectivity index is 1.77. The topological polar surface area (TPSA) is 29.0 Å². The van der Waals surface area contributed by atoms with Crippen molar-refractivity contribution in [3.63, 3.8) is 0 Å². The lowest BCUT2D eigenvalue weighted by Gasteiger charge is -1.98. The first-order valence-corrected chi connectivity index (χ1v) is 6.25. The van der Waals surface area contributed by atoms with E-state index < -0.39 is 0 Å². The van der Waals surface area contributed by atoms with Crippen LogP contribution in [0.15, 0.2) is 54.7 Å². The number of fused-ring (bicyclic) bond motifs is 1. The van der Waals surface area contributed by atoms with Gasteiger partial charge in [-0.15, -0.1) is 3.79 Å². The fourth-order valence-corrected chi connectivity index (χ4v) is 2.43. The van der Waals surface area contributed by atoms with Crippen LogP contribution in [-0.2, 0) is 6.54 Å². The molecule has 0 saturated carbocycles. The molecule has 0 aliphatic carbocycles. The number of hydrogen-bond acceptors (Lipinski definition) is 3. The van der Waals surface area contributed by atoms with Crippen molar-refractivity contribution in [1.29, 1.82) is 0 Å². The van der Waals surface area contributed by atoms with Gasteiger partial charge in [-0.25, -0.2) is 0 Å². The van der Waals surface area contributed by atoms with Crippen LogP contribution in [-0.4, -0.2) is 4.98 Å². The lowest BCUT2D eigenvalue weighted by Crippen LogP contribution is -2.12. The summed E-state index contributed by atoms with van der Waals surface area (Å²) < 4.78 is 2.05. The minimum Gasteiger partial charge on any atom is -0.334 e. The van der Waals surface area contributed by atoms with Crippen LogP contribution in [0.5, 0.6) is 0 Å². The number of nitrogens with zero attached hydrogens (tertiary/aromatic N) is 2. The zero-order valence-electron chi connectivity index (χ0n) is 9.21. The number of anilines is 1. The molecule has 3 nitrogen and oxygen atoms in total. The zero-order chi connectivity index (χ0) is 11.5. The molecule has 0 fully saturated rings. The quantitative estimate of drug-likeness (QED) is 0.715. The third kappa shape index (κ3) is 2.26. The molecule has 4 heteroatoms. The lowest BCUT2D eigenvalue weighted by molar-refractivity contribution is -0.433. The molecule has 0 aliphatic heterocycles. The molecule has 84 valence electrons. The monoisotopic (exact) mass is 242 g/mol. The second kappa shape index (κ2) is 4.51. The minimum atomic E-state index is 0.807. The van der Waals surface area contributed by atoms with E-state index in [1.54, 1.807) is 11.5 Å². The molecular formula is C13H12N3S+. The first-order valence-electron chi connectivity index (χ1n) is 5.47. The van der Waals surface area contributed by atoms with E-state index in [1.165, 1.54) is 5.56 Å². The minimum absolute atomic E-state index is 0.807. The molecule has 0 amide bonds. The van der Waals surface area contributed by atoms with Crippen molar-refractivity contribution in [3.05, 3.63) is 60.3 Å². The standard InChI is InChI=1S/C13H11N3S/c1-2-6-11(7-3-1)10-14-13-15-12-8-4-5-9-16(12)17-13/h1-9H,10H2/p+1. The Kier molecular flexibility index (Phi) is 2.71. The Hall–Kier alpha value is -1.94. The van der Waals surface area contributed by atoms with Crippen LogP contribution in [0, 0.1) is 0 Å². The zero-order valence-corrected chi connectivity index (χ0v) is 10.0. The highest BCUT2D eigenvalue weighted by Crippen LogP contribution is 2.11. The van der Waals surface area contributed by atoms with Gasteiger partial charge in [0.2, 0.25) is 0 Å². The van der Waals surface area contributed by atoms with Crippen molar-refractivity contribution >= 4 is 22.3 Å². The van der Waals surface area contributed by atoms with E-state index in [1.807, 2.05) is 46.4 Å². The van der Waals surface area contributed by atoms with Gasteiger partial charge in [0.1, 0.15) is 17.7 Å². The maximum atomic E-state index is 4.50. The Morgan fingerprint density at radius 2 is 1.88 bits per heavy atom. The Morgan fingerprint density at radius 1 is 1.06 bits per heavy atom. The molecule has 2 aromatic heterocycles. The van der Waals surface area contributed by atoms with E-state index in [0.29, 0.717) is 0 Å². The normalized spacial score (nSPS) is 10.6. The third-order valence-electron chi connectivity index (χ3n) is 2.49. The molecule has 17 heavy (non-hydrogen) atoms.